The van der Waals surface area contributed by atoms with E-state index in [-0.39, 0.29) is 0 Å². The molecule has 2 unspecified atom stereocenters. The molecule has 1 aliphatic heterocycles. The van der Waals surface area contributed by atoms with Crippen LogP contribution in [0.1, 0.15) is 24.0 Å². The normalized spacial score (nSPS) is 21.6. The highest BCUT2D eigenvalue weighted by atomic mass is 16.5. The van der Waals surface area contributed by atoms with Gasteiger partial charge in [0.25, 0.3) is 0 Å². The Kier molecular flexibility index (Phi) is 4.54. The first-order chi connectivity index (χ1) is 8.28. The molecule has 2 atom stereocenters. The van der Waals surface area contributed by atoms with Crippen molar-refractivity contribution < 1.29 is 4.74 Å². The molecule has 3 N–H and O–H groups in total. The molecule has 17 heavy (non-hydrogen) atoms. The van der Waals surface area contributed by atoms with Crippen molar-refractivity contribution in [1.29, 1.82) is 0 Å². The lowest BCUT2D eigenvalue weighted by Crippen LogP contribution is -2.38. The van der Waals surface area contributed by atoms with Crippen molar-refractivity contribution in [3.63, 3.8) is 0 Å². The Labute approximate surface area is 103 Å². The zero-order chi connectivity index (χ0) is 12.1. The number of hydrogen-bond donors (Lipinski definition) is 2. The Morgan fingerprint density at radius 1 is 1.41 bits per heavy atom. The average molecular weight is 234 g/mol. The number of aryl methyl sites for hydroxylation is 1. The fraction of sp³-hybridized carbons (Fsp3) is 0.571. The van der Waals surface area contributed by atoms with Crippen LogP contribution in [0.15, 0.2) is 24.3 Å². The Balaban J connectivity index is 1.87. The molecule has 1 aliphatic rings. The van der Waals surface area contributed by atoms with Gasteiger partial charge in [-0.05, 0) is 37.7 Å². The third-order valence-electron chi connectivity index (χ3n) is 3.48. The monoisotopic (exact) mass is 234 g/mol. The minimum absolute atomic E-state index is 0.351. The van der Waals surface area contributed by atoms with Crippen LogP contribution in [0.3, 0.4) is 0 Å². The Hall–Kier alpha value is -0.900. The van der Waals surface area contributed by atoms with E-state index in [2.05, 4.69) is 36.6 Å². The number of rotatable bonds is 5. The van der Waals surface area contributed by atoms with Gasteiger partial charge in [0, 0.05) is 19.3 Å². The van der Waals surface area contributed by atoms with Crippen molar-refractivity contribution in [2.45, 2.75) is 32.2 Å². The van der Waals surface area contributed by atoms with E-state index >= 15 is 0 Å². The maximum absolute atomic E-state index is 5.64. The number of nitrogens with two attached hydrogens (primary N) is 1. The lowest BCUT2D eigenvalue weighted by Gasteiger charge is -2.19. The van der Waals surface area contributed by atoms with E-state index in [1.54, 1.807) is 0 Å². The maximum Gasteiger partial charge on any atom is 0.0495 e. The molecule has 3 nitrogen and oxygen atoms in total. The summed E-state index contributed by atoms with van der Waals surface area (Å²) < 4.78 is 5.40. The topological polar surface area (TPSA) is 47.3 Å². The van der Waals surface area contributed by atoms with Crippen LogP contribution in [-0.2, 0) is 11.2 Å². The summed E-state index contributed by atoms with van der Waals surface area (Å²) in [6.07, 6.45) is 3.27. The summed E-state index contributed by atoms with van der Waals surface area (Å²) in [5.41, 5.74) is 5.58. The predicted octanol–water partition coefficient (Wildman–Crippen LogP) is 1.80. The number of benzene rings is 1. The summed E-state index contributed by atoms with van der Waals surface area (Å²) in [7, 11) is 0. The van der Waals surface area contributed by atoms with Crippen molar-refractivity contribution in [2.24, 2.45) is 11.8 Å². The quantitative estimate of drug-likeness (QED) is 0.603. The van der Waals surface area contributed by atoms with E-state index in [0.717, 1.165) is 26.1 Å². The zero-order valence-electron chi connectivity index (χ0n) is 10.5. The van der Waals surface area contributed by atoms with E-state index in [1.807, 2.05) is 0 Å². The van der Waals surface area contributed by atoms with Crippen LogP contribution < -0.4 is 11.3 Å². The molecule has 1 aromatic carbocycles. The van der Waals surface area contributed by atoms with Crippen LogP contribution in [0.25, 0.3) is 0 Å². The molecule has 0 aromatic heterocycles. The van der Waals surface area contributed by atoms with Gasteiger partial charge in [-0.25, -0.2) is 0 Å². The Morgan fingerprint density at radius 2 is 2.18 bits per heavy atom. The second kappa shape index (κ2) is 6.15. The van der Waals surface area contributed by atoms with Gasteiger partial charge in [0.05, 0.1) is 0 Å². The van der Waals surface area contributed by atoms with Crippen LogP contribution in [-0.4, -0.2) is 19.3 Å². The molecule has 0 saturated carbocycles. The van der Waals surface area contributed by atoms with E-state index in [4.69, 9.17) is 10.6 Å². The van der Waals surface area contributed by atoms with Crippen LogP contribution in [0.5, 0.6) is 0 Å². The first-order valence-corrected chi connectivity index (χ1v) is 6.37. The van der Waals surface area contributed by atoms with Crippen molar-refractivity contribution in [3.05, 3.63) is 35.4 Å². The SMILES string of the molecule is Cc1ccc(CC(CC2CCOC2)NN)cc1. The summed E-state index contributed by atoms with van der Waals surface area (Å²) >= 11 is 0. The number of hydrogen-bond acceptors (Lipinski definition) is 3. The zero-order valence-corrected chi connectivity index (χ0v) is 10.5. The summed E-state index contributed by atoms with van der Waals surface area (Å²) in [5.74, 6) is 6.31. The first kappa shape index (κ1) is 12.6. The highest BCUT2D eigenvalue weighted by molar-refractivity contribution is 5.22. The van der Waals surface area contributed by atoms with E-state index in [9.17, 15) is 0 Å². The fourth-order valence-electron chi connectivity index (χ4n) is 2.39. The minimum atomic E-state index is 0.351. The minimum Gasteiger partial charge on any atom is -0.381 e. The molecule has 0 bridgehead atoms. The summed E-state index contributed by atoms with van der Waals surface area (Å²) in [5, 5.41) is 0. The highest BCUT2D eigenvalue weighted by Gasteiger charge is 2.20. The molecule has 94 valence electrons. The van der Waals surface area contributed by atoms with Crippen molar-refractivity contribution >= 4 is 0 Å². The van der Waals surface area contributed by atoms with Gasteiger partial charge in [0.15, 0.2) is 0 Å². The fourth-order valence-corrected chi connectivity index (χ4v) is 2.39. The highest BCUT2D eigenvalue weighted by Crippen LogP contribution is 2.19. The van der Waals surface area contributed by atoms with E-state index in [1.165, 1.54) is 17.5 Å². The van der Waals surface area contributed by atoms with E-state index in [0.29, 0.717) is 12.0 Å². The Morgan fingerprint density at radius 3 is 2.76 bits per heavy atom. The van der Waals surface area contributed by atoms with Crippen molar-refractivity contribution in [1.82, 2.24) is 5.43 Å². The maximum atomic E-state index is 5.64. The van der Waals surface area contributed by atoms with Crippen molar-refractivity contribution in [2.75, 3.05) is 13.2 Å². The lowest BCUT2D eigenvalue weighted by molar-refractivity contribution is 0.181. The standard InChI is InChI=1S/C14H22N2O/c1-11-2-4-12(5-3-11)8-14(16-15)9-13-6-7-17-10-13/h2-5,13-14,16H,6-10,15H2,1H3. The molecule has 0 spiro atoms. The van der Waals surface area contributed by atoms with Gasteiger partial charge in [-0.3, -0.25) is 11.3 Å². The average Bonchev–Trinajstić information content (AvgIpc) is 2.84. The second-order valence-corrected chi connectivity index (χ2v) is 5.02. The van der Waals surface area contributed by atoms with Gasteiger partial charge < -0.3 is 4.74 Å². The van der Waals surface area contributed by atoms with Gasteiger partial charge in [-0.15, -0.1) is 0 Å². The van der Waals surface area contributed by atoms with Crippen LogP contribution in [0.4, 0.5) is 0 Å². The number of nitrogens with one attached hydrogen (secondary N) is 1. The summed E-state index contributed by atoms with van der Waals surface area (Å²) in [6.45, 7) is 3.91. The van der Waals surface area contributed by atoms with Crippen LogP contribution in [0.2, 0.25) is 0 Å². The third-order valence-corrected chi connectivity index (χ3v) is 3.48. The van der Waals surface area contributed by atoms with E-state index < -0.39 is 0 Å². The van der Waals surface area contributed by atoms with Gasteiger partial charge in [0.1, 0.15) is 0 Å². The second-order valence-electron chi connectivity index (χ2n) is 5.02. The molecule has 1 aromatic rings. The molecular weight excluding hydrogens is 212 g/mol. The molecule has 0 amide bonds. The molecule has 2 rings (SSSR count). The van der Waals surface area contributed by atoms with Gasteiger partial charge in [-0.2, -0.15) is 0 Å². The molecule has 1 heterocycles. The Bertz CT molecular complexity index is 331. The molecule has 0 aliphatic carbocycles. The lowest BCUT2D eigenvalue weighted by atomic mass is 9.95. The van der Waals surface area contributed by atoms with Gasteiger partial charge in [-0.1, -0.05) is 29.8 Å². The largest absolute Gasteiger partial charge is 0.381 e. The molecule has 1 fully saturated rings. The predicted molar refractivity (Wildman–Crippen MR) is 69.5 cm³/mol. The van der Waals surface area contributed by atoms with Crippen molar-refractivity contribution in [3.8, 4) is 0 Å². The molecule has 3 heteroatoms. The smallest absolute Gasteiger partial charge is 0.0495 e. The molecule has 1 saturated heterocycles. The molecule has 0 radical (unpaired) electrons. The first-order valence-electron chi connectivity index (χ1n) is 6.37. The van der Waals surface area contributed by atoms with Gasteiger partial charge in [0.2, 0.25) is 0 Å². The molecular formula is C14H22N2O. The number of hydrazine groups is 1. The van der Waals surface area contributed by atoms with Gasteiger partial charge >= 0.3 is 0 Å². The van der Waals surface area contributed by atoms with Crippen LogP contribution >= 0.6 is 0 Å². The van der Waals surface area contributed by atoms with Crippen LogP contribution in [0, 0.1) is 12.8 Å². The summed E-state index contributed by atoms with van der Waals surface area (Å²) in [6, 6.07) is 9.03. The third kappa shape index (κ3) is 3.80. The summed E-state index contributed by atoms with van der Waals surface area (Å²) in [4.78, 5) is 0. The number of ether oxygens (including phenoxy) is 1.